The van der Waals surface area contributed by atoms with Crippen LogP contribution in [0.2, 0.25) is 0 Å². The smallest absolute Gasteiger partial charge is 0.282 e. The maximum absolute atomic E-state index is 13.2. The molecular formula is C24H22IN3O2. The summed E-state index contributed by atoms with van der Waals surface area (Å²) in [5.74, 6) is 4.22. The Labute approximate surface area is 189 Å². The average Bonchev–Trinajstić information content (AvgIpc) is 2.78. The van der Waals surface area contributed by atoms with Crippen LogP contribution in [0.5, 0.6) is 5.75 Å². The van der Waals surface area contributed by atoms with Crippen LogP contribution in [0.15, 0.2) is 52.4 Å². The second-order valence-corrected chi connectivity index (χ2v) is 8.53. The van der Waals surface area contributed by atoms with E-state index in [9.17, 15) is 4.79 Å². The molecule has 4 rings (SSSR count). The zero-order valence-electron chi connectivity index (χ0n) is 16.6. The van der Waals surface area contributed by atoms with Gasteiger partial charge in [0, 0.05) is 5.92 Å². The van der Waals surface area contributed by atoms with Crippen molar-refractivity contribution in [3.05, 3.63) is 67.8 Å². The molecule has 152 valence electrons. The standard InChI is InChI=1S/C24H22IN3O2/c1-2-14-30-22-13-12-17(15-20(22)25)16-26-28-23(18-8-4-3-5-9-18)27-21-11-7-6-10-19(21)24(28)29/h1,6-7,10-13,15-16,18H,3-5,8-9,14H2. The van der Waals surface area contributed by atoms with Crippen molar-refractivity contribution in [2.45, 2.75) is 38.0 Å². The Hall–Kier alpha value is -2.66. The number of terminal acetylenes is 1. The molecule has 6 heteroatoms. The largest absolute Gasteiger partial charge is 0.480 e. The highest BCUT2D eigenvalue weighted by Crippen LogP contribution is 2.31. The van der Waals surface area contributed by atoms with Crippen molar-refractivity contribution in [2.24, 2.45) is 5.10 Å². The first-order chi connectivity index (χ1) is 14.7. The summed E-state index contributed by atoms with van der Waals surface area (Å²) in [6.07, 6.45) is 12.6. The number of benzene rings is 2. The summed E-state index contributed by atoms with van der Waals surface area (Å²) in [5.41, 5.74) is 1.49. The maximum atomic E-state index is 13.2. The fourth-order valence-corrected chi connectivity index (χ4v) is 4.53. The number of para-hydroxylation sites is 1. The predicted octanol–water partition coefficient (Wildman–Crippen LogP) is 4.94. The Morgan fingerprint density at radius 1 is 1.23 bits per heavy atom. The van der Waals surface area contributed by atoms with Crippen LogP contribution in [0.25, 0.3) is 10.9 Å². The molecule has 1 aliphatic rings. The molecule has 1 heterocycles. The molecule has 0 N–H and O–H groups in total. The van der Waals surface area contributed by atoms with Crippen molar-refractivity contribution in [3.63, 3.8) is 0 Å². The summed E-state index contributed by atoms with van der Waals surface area (Å²) in [6, 6.07) is 13.2. The van der Waals surface area contributed by atoms with Gasteiger partial charge in [-0.15, -0.1) is 6.42 Å². The number of hydrogen-bond donors (Lipinski definition) is 0. The summed E-state index contributed by atoms with van der Waals surface area (Å²) >= 11 is 2.20. The molecule has 0 amide bonds. The Kier molecular flexibility index (Phi) is 6.48. The first-order valence-corrected chi connectivity index (χ1v) is 11.2. The van der Waals surface area contributed by atoms with E-state index in [1.54, 1.807) is 6.21 Å². The highest BCUT2D eigenvalue weighted by atomic mass is 127. The SMILES string of the molecule is C#CCOc1ccc(C=Nn2c(C3CCCCC3)nc3ccccc3c2=O)cc1I. The molecule has 1 aliphatic carbocycles. The lowest BCUT2D eigenvalue weighted by atomic mass is 9.88. The van der Waals surface area contributed by atoms with E-state index in [2.05, 4.69) is 33.6 Å². The highest BCUT2D eigenvalue weighted by molar-refractivity contribution is 14.1. The lowest BCUT2D eigenvalue weighted by Gasteiger charge is -2.22. The van der Waals surface area contributed by atoms with E-state index in [0.717, 1.165) is 51.9 Å². The molecule has 1 saturated carbocycles. The van der Waals surface area contributed by atoms with Crippen molar-refractivity contribution in [3.8, 4) is 18.1 Å². The molecule has 0 aliphatic heterocycles. The lowest BCUT2D eigenvalue weighted by Crippen LogP contribution is -2.25. The molecule has 0 radical (unpaired) electrons. The van der Waals surface area contributed by atoms with Crippen LogP contribution in [-0.2, 0) is 0 Å². The summed E-state index contributed by atoms with van der Waals surface area (Å²) in [7, 11) is 0. The van der Waals surface area contributed by atoms with Gasteiger partial charge in [-0.05, 0) is 71.3 Å². The summed E-state index contributed by atoms with van der Waals surface area (Å²) < 4.78 is 7.94. The molecule has 0 unspecified atom stereocenters. The number of fused-ring (bicyclic) bond motifs is 1. The molecular weight excluding hydrogens is 489 g/mol. The van der Waals surface area contributed by atoms with E-state index in [-0.39, 0.29) is 18.1 Å². The van der Waals surface area contributed by atoms with E-state index >= 15 is 0 Å². The van der Waals surface area contributed by atoms with Gasteiger partial charge in [-0.2, -0.15) is 9.78 Å². The second kappa shape index (κ2) is 9.43. The molecule has 0 spiro atoms. The molecule has 1 aromatic heterocycles. The third kappa shape index (κ3) is 4.41. The Balaban J connectivity index is 1.74. The maximum Gasteiger partial charge on any atom is 0.282 e. The lowest BCUT2D eigenvalue weighted by molar-refractivity contribution is 0.368. The van der Waals surface area contributed by atoms with Gasteiger partial charge >= 0.3 is 0 Å². The average molecular weight is 511 g/mol. The minimum atomic E-state index is -0.124. The first kappa shape index (κ1) is 20.6. The van der Waals surface area contributed by atoms with Gasteiger partial charge in [0.25, 0.3) is 5.56 Å². The molecule has 30 heavy (non-hydrogen) atoms. The van der Waals surface area contributed by atoms with Crippen LogP contribution < -0.4 is 10.3 Å². The van der Waals surface area contributed by atoms with E-state index in [1.165, 1.54) is 11.1 Å². The Bertz CT molecular complexity index is 1190. The van der Waals surface area contributed by atoms with E-state index in [4.69, 9.17) is 16.1 Å². The summed E-state index contributed by atoms with van der Waals surface area (Å²) in [6.45, 7) is 0.229. The van der Waals surface area contributed by atoms with Gasteiger partial charge < -0.3 is 4.74 Å². The monoisotopic (exact) mass is 511 g/mol. The van der Waals surface area contributed by atoms with Crippen molar-refractivity contribution in [2.75, 3.05) is 6.61 Å². The van der Waals surface area contributed by atoms with Gasteiger partial charge in [0.05, 0.1) is 20.7 Å². The second-order valence-electron chi connectivity index (χ2n) is 7.37. The molecule has 0 saturated heterocycles. The van der Waals surface area contributed by atoms with Crippen LogP contribution in [0.4, 0.5) is 0 Å². The number of halogens is 1. The summed E-state index contributed by atoms with van der Waals surface area (Å²) in [4.78, 5) is 18.1. The third-order valence-electron chi connectivity index (χ3n) is 5.34. The van der Waals surface area contributed by atoms with Crippen LogP contribution in [0, 0.1) is 15.9 Å². The van der Waals surface area contributed by atoms with Crippen molar-refractivity contribution >= 4 is 39.7 Å². The third-order valence-corrected chi connectivity index (χ3v) is 6.18. The van der Waals surface area contributed by atoms with Gasteiger partial charge in [-0.1, -0.05) is 37.3 Å². The van der Waals surface area contributed by atoms with Gasteiger partial charge in [-0.3, -0.25) is 4.79 Å². The molecule has 2 aromatic carbocycles. The number of ether oxygens (including phenoxy) is 1. The molecule has 5 nitrogen and oxygen atoms in total. The van der Waals surface area contributed by atoms with Gasteiger partial charge in [-0.25, -0.2) is 4.98 Å². The fourth-order valence-electron chi connectivity index (χ4n) is 3.84. The van der Waals surface area contributed by atoms with Crippen molar-refractivity contribution in [1.82, 2.24) is 9.66 Å². The van der Waals surface area contributed by atoms with E-state index < -0.39 is 0 Å². The van der Waals surface area contributed by atoms with Gasteiger partial charge in [0.2, 0.25) is 0 Å². The van der Waals surface area contributed by atoms with E-state index in [1.807, 2.05) is 42.5 Å². The normalized spacial score (nSPS) is 14.8. The molecule has 1 fully saturated rings. The summed E-state index contributed by atoms with van der Waals surface area (Å²) in [5, 5.41) is 5.16. The van der Waals surface area contributed by atoms with Gasteiger partial charge in [0.1, 0.15) is 18.2 Å². The number of aromatic nitrogens is 2. The zero-order valence-corrected chi connectivity index (χ0v) is 18.7. The molecule has 3 aromatic rings. The molecule has 0 atom stereocenters. The highest BCUT2D eigenvalue weighted by Gasteiger charge is 2.22. The van der Waals surface area contributed by atoms with Gasteiger partial charge in [0.15, 0.2) is 0 Å². The van der Waals surface area contributed by atoms with Crippen LogP contribution >= 0.6 is 22.6 Å². The van der Waals surface area contributed by atoms with E-state index in [0.29, 0.717) is 5.39 Å². The minimum Gasteiger partial charge on any atom is -0.480 e. The Morgan fingerprint density at radius 2 is 2.03 bits per heavy atom. The van der Waals surface area contributed by atoms with Crippen LogP contribution in [0.1, 0.15) is 49.4 Å². The van der Waals surface area contributed by atoms with Crippen LogP contribution in [0.3, 0.4) is 0 Å². The topological polar surface area (TPSA) is 56.5 Å². The quantitative estimate of drug-likeness (QED) is 0.277. The first-order valence-electron chi connectivity index (χ1n) is 10.1. The zero-order chi connectivity index (χ0) is 20.9. The minimum absolute atomic E-state index is 0.124. The van der Waals surface area contributed by atoms with Crippen molar-refractivity contribution in [1.29, 1.82) is 0 Å². The number of rotatable bonds is 5. The van der Waals surface area contributed by atoms with Crippen LogP contribution in [-0.4, -0.2) is 22.5 Å². The predicted molar refractivity (Wildman–Crippen MR) is 128 cm³/mol. The Morgan fingerprint density at radius 3 is 2.80 bits per heavy atom. The van der Waals surface area contributed by atoms with Crippen molar-refractivity contribution < 1.29 is 4.74 Å². The fraction of sp³-hybridized carbons (Fsp3) is 0.292. The molecule has 0 bridgehead atoms. The number of hydrogen-bond acceptors (Lipinski definition) is 4. The number of nitrogens with zero attached hydrogens (tertiary/aromatic N) is 3.